The number of nitrogens with zero attached hydrogens (tertiary/aromatic N) is 1. The first-order valence-electron chi connectivity index (χ1n) is 6.44. The summed E-state index contributed by atoms with van der Waals surface area (Å²) in [6.45, 7) is 5.74. The summed E-state index contributed by atoms with van der Waals surface area (Å²) in [6, 6.07) is 1.38. The van der Waals surface area contributed by atoms with Crippen molar-refractivity contribution in [3.05, 3.63) is 0 Å². The quantitative estimate of drug-likeness (QED) is 0.709. The lowest BCUT2D eigenvalue weighted by atomic mass is 9.92. The van der Waals surface area contributed by atoms with Gasteiger partial charge in [-0.25, -0.2) is 0 Å². The summed E-state index contributed by atoms with van der Waals surface area (Å²) in [5.74, 6) is 1.21. The molecule has 15 heavy (non-hydrogen) atoms. The van der Waals surface area contributed by atoms with Gasteiger partial charge in [-0.15, -0.1) is 0 Å². The Morgan fingerprint density at radius 3 is 2.53 bits per heavy atom. The molecule has 2 nitrogen and oxygen atoms in total. The van der Waals surface area contributed by atoms with Crippen LogP contribution in [0.1, 0.15) is 52.4 Å². The van der Waals surface area contributed by atoms with Crippen molar-refractivity contribution in [1.29, 1.82) is 0 Å². The Bertz CT molecular complexity index is 233. The van der Waals surface area contributed by atoms with Crippen LogP contribution in [0.25, 0.3) is 0 Å². The molecule has 86 valence electrons. The molecule has 2 saturated carbocycles. The van der Waals surface area contributed by atoms with E-state index in [0.29, 0.717) is 11.8 Å². The van der Waals surface area contributed by atoms with Crippen molar-refractivity contribution in [2.45, 2.75) is 64.5 Å². The largest absolute Gasteiger partial charge is 0.300 e. The fraction of sp³-hybridized carbons (Fsp3) is 0.923. The molecule has 2 aliphatic rings. The fourth-order valence-electron chi connectivity index (χ4n) is 2.71. The third kappa shape index (κ3) is 3.04. The summed E-state index contributed by atoms with van der Waals surface area (Å²) in [5, 5.41) is 0. The third-order valence-corrected chi connectivity index (χ3v) is 3.52. The number of carbonyl (C=O) groups excluding carboxylic acids is 1. The van der Waals surface area contributed by atoms with Gasteiger partial charge in [-0.1, -0.05) is 13.8 Å². The second-order valence-corrected chi connectivity index (χ2v) is 5.61. The van der Waals surface area contributed by atoms with Gasteiger partial charge in [0.2, 0.25) is 0 Å². The molecule has 0 amide bonds. The van der Waals surface area contributed by atoms with Crippen LogP contribution < -0.4 is 0 Å². The van der Waals surface area contributed by atoms with Crippen LogP contribution in [0.3, 0.4) is 0 Å². The molecule has 0 N–H and O–H groups in total. The van der Waals surface area contributed by atoms with E-state index in [1.165, 1.54) is 25.8 Å². The first-order valence-corrected chi connectivity index (χ1v) is 6.44. The molecule has 0 bridgehead atoms. The maximum atomic E-state index is 11.5. The summed E-state index contributed by atoms with van der Waals surface area (Å²) in [6.07, 6.45) is 6.73. The standard InChI is InChI=1S/C13H23NO/c1-10(2)9-14(11-6-7-11)12-4-3-5-13(15)8-12/h10-12H,3-9H2,1-2H3. The van der Waals surface area contributed by atoms with Crippen LogP contribution in [0.5, 0.6) is 0 Å². The van der Waals surface area contributed by atoms with Crippen LogP contribution in [0.4, 0.5) is 0 Å². The average Bonchev–Trinajstić information content (AvgIpc) is 2.97. The smallest absolute Gasteiger partial charge is 0.134 e. The van der Waals surface area contributed by atoms with Crippen LogP contribution in [-0.2, 0) is 4.79 Å². The van der Waals surface area contributed by atoms with Crippen molar-refractivity contribution >= 4 is 5.78 Å². The van der Waals surface area contributed by atoms with Gasteiger partial charge in [0.1, 0.15) is 5.78 Å². The molecule has 1 atom stereocenters. The Labute approximate surface area is 93.0 Å². The zero-order valence-corrected chi connectivity index (χ0v) is 10.0. The predicted octanol–water partition coefficient (Wildman–Crippen LogP) is 2.62. The molecule has 2 rings (SSSR count). The molecule has 2 aliphatic carbocycles. The van der Waals surface area contributed by atoms with E-state index < -0.39 is 0 Å². The Balaban J connectivity index is 1.93. The van der Waals surface area contributed by atoms with Gasteiger partial charge in [-0.05, 0) is 31.6 Å². The van der Waals surface area contributed by atoms with Crippen LogP contribution >= 0.6 is 0 Å². The van der Waals surface area contributed by atoms with E-state index in [4.69, 9.17) is 0 Å². The molecule has 0 aromatic carbocycles. The Morgan fingerprint density at radius 1 is 1.27 bits per heavy atom. The van der Waals surface area contributed by atoms with Gasteiger partial charge in [0.25, 0.3) is 0 Å². The number of Topliss-reactive ketones (excluding diaryl/α,β-unsaturated/α-hetero) is 1. The fourth-order valence-corrected chi connectivity index (χ4v) is 2.71. The van der Waals surface area contributed by atoms with Crippen molar-refractivity contribution in [2.75, 3.05) is 6.54 Å². The Kier molecular flexibility index (Phi) is 3.45. The van der Waals surface area contributed by atoms with Gasteiger partial charge in [0, 0.05) is 31.5 Å². The van der Waals surface area contributed by atoms with Gasteiger partial charge in [-0.3, -0.25) is 9.69 Å². The minimum atomic E-state index is 0.487. The maximum absolute atomic E-state index is 11.5. The summed E-state index contributed by atoms with van der Waals surface area (Å²) < 4.78 is 0. The second-order valence-electron chi connectivity index (χ2n) is 5.61. The maximum Gasteiger partial charge on any atom is 0.134 e. The van der Waals surface area contributed by atoms with Crippen molar-refractivity contribution in [2.24, 2.45) is 5.92 Å². The molecular weight excluding hydrogens is 186 g/mol. The third-order valence-electron chi connectivity index (χ3n) is 3.52. The van der Waals surface area contributed by atoms with E-state index in [1.807, 2.05) is 0 Å². The highest BCUT2D eigenvalue weighted by molar-refractivity contribution is 5.79. The number of rotatable bonds is 4. The molecule has 0 heterocycles. The van der Waals surface area contributed by atoms with E-state index >= 15 is 0 Å². The molecule has 0 aromatic rings. The Hall–Kier alpha value is -0.370. The van der Waals surface area contributed by atoms with E-state index in [0.717, 1.165) is 31.2 Å². The van der Waals surface area contributed by atoms with Crippen molar-refractivity contribution < 1.29 is 4.79 Å². The molecule has 0 aliphatic heterocycles. The Morgan fingerprint density at radius 2 is 2.00 bits per heavy atom. The summed E-state index contributed by atoms with van der Waals surface area (Å²) in [5.41, 5.74) is 0. The van der Waals surface area contributed by atoms with Gasteiger partial charge in [0.05, 0.1) is 0 Å². The van der Waals surface area contributed by atoms with E-state index in [9.17, 15) is 4.79 Å². The first kappa shape index (κ1) is 11.1. The molecule has 0 saturated heterocycles. The van der Waals surface area contributed by atoms with E-state index in [1.54, 1.807) is 0 Å². The van der Waals surface area contributed by atoms with Crippen molar-refractivity contribution in [3.63, 3.8) is 0 Å². The van der Waals surface area contributed by atoms with Gasteiger partial charge in [-0.2, -0.15) is 0 Å². The number of hydrogen-bond donors (Lipinski definition) is 0. The lowest BCUT2D eigenvalue weighted by Crippen LogP contribution is -2.42. The van der Waals surface area contributed by atoms with E-state index in [2.05, 4.69) is 18.7 Å². The highest BCUT2D eigenvalue weighted by Crippen LogP contribution is 2.33. The van der Waals surface area contributed by atoms with Gasteiger partial charge < -0.3 is 0 Å². The summed E-state index contributed by atoms with van der Waals surface area (Å²) in [7, 11) is 0. The monoisotopic (exact) mass is 209 g/mol. The van der Waals surface area contributed by atoms with Crippen molar-refractivity contribution in [1.82, 2.24) is 4.90 Å². The highest BCUT2D eigenvalue weighted by Gasteiger charge is 2.35. The lowest BCUT2D eigenvalue weighted by Gasteiger charge is -2.35. The molecule has 0 spiro atoms. The van der Waals surface area contributed by atoms with Crippen LogP contribution in [0.2, 0.25) is 0 Å². The number of hydrogen-bond acceptors (Lipinski definition) is 2. The minimum Gasteiger partial charge on any atom is -0.300 e. The molecule has 0 radical (unpaired) electrons. The predicted molar refractivity (Wildman–Crippen MR) is 61.8 cm³/mol. The SMILES string of the molecule is CC(C)CN(C1CC1)C1CCCC(=O)C1. The molecule has 2 fully saturated rings. The normalized spacial score (nSPS) is 27.7. The molecular formula is C13H23NO. The summed E-state index contributed by atoms with van der Waals surface area (Å²) >= 11 is 0. The average molecular weight is 209 g/mol. The van der Waals surface area contributed by atoms with Crippen molar-refractivity contribution in [3.8, 4) is 0 Å². The van der Waals surface area contributed by atoms with Gasteiger partial charge in [0.15, 0.2) is 0 Å². The first-order chi connectivity index (χ1) is 7.16. The molecule has 1 unspecified atom stereocenters. The molecule has 2 heteroatoms. The van der Waals surface area contributed by atoms with Crippen LogP contribution in [-0.4, -0.2) is 29.3 Å². The lowest BCUT2D eigenvalue weighted by molar-refractivity contribution is -0.122. The van der Waals surface area contributed by atoms with Crippen LogP contribution in [0.15, 0.2) is 0 Å². The van der Waals surface area contributed by atoms with Crippen LogP contribution in [0, 0.1) is 5.92 Å². The topological polar surface area (TPSA) is 20.3 Å². The van der Waals surface area contributed by atoms with Gasteiger partial charge >= 0.3 is 0 Å². The summed E-state index contributed by atoms with van der Waals surface area (Å²) in [4.78, 5) is 14.1. The number of carbonyl (C=O) groups is 1. The zero-order valence-electron chi connectivity index (χ0n) is 10.0. The molecule has 0 aromatic heterocycles. The second kappa shape index (κ2) is 4.65. The minimum absolute atomic E-state index is 0.487. The van der Waals surface area contributed by atoms with E-state index in [-0.39, 0.29) is 0 Å². The number of ketones is 1. The zero-order chi connectivity index (χ0) is 10.8. The highest BCUT2D eigenvalue weighted by atomic mass is 16.1.